The molecule has 82 valence electrons. The molecule has 4 rings (SSSR count). The first kappa shape index (κ1) is 9.20. The van der Waals surface area contributed by atoms with Crippen molar-refractivity contribution >= 4 is 22.9 Å². The van der Waals surface area contributed by atoms with Crippen LogP contribution in [0.3, 0.4) is 0 Å². The van der Waals surface area contributed by atoms with Crippen molar-refractivity contribution in [2.45, 2.75) is 12.5 Å². The molecule has 2 aromatic rings. The van der Waals surface area contributed by atoms with Crippen LogP contribution in [0.2, 0.25) is 0 Å². The second kappa shape index (κ2) is 3.08. The summed E-state index contributed by atoms with van der Waals surface area (Å²) in [6.45, 7) is 0. The Morgan fingerprint density at radius 1 is 0.941 bits per heavy atom. The number of benzene rings is 2. The van der Waals surface area contributed by atoms with Crippen LogP contribution in [0.1, 0.15) is 28.3 Å². The van der Waals surface area contributed by atoms with Crippen LogP contribution in [0.5, 0.6) is 0 Å². The van der Waals surface area contributed by atoms with E-state index in [9.17, 15) is 0 Å². The van der Waals surface area contributed by atoms with Gasteiger partial charge in [0.15, 0.2) is 0 Å². The molecule has 0 heterocycles. The van der Waals surface area contributed by atoms with Crippen molar-refractivity contribution in [2.24, 2.45) is 5.73 Å². The predicted octanol–water partition coefficient (Wildman–Crippen LogP) is 3.44. The Labute approximate surface area is 100 Å². The smallest absolute Gasteiger partial charge is 0.0490 e. The van der Waals surface area contributed by atoms with Gasteiger partial charge in [-0.2, -0.15) is 0 Å². The number of hydrogen-bond donors (Lipinski definition) is 1. The largest absolute Gasteiger partial charge is 0.321 e. The zero-order valence-corrected chi connectivity index (χ0v) is 9.48. The molecule has 1 atom stereocenters. The van der Waals surface area contributed by atoms with Crippen molar-refractivity contribution < 1.29 is 0 Å². The average Bonchev–Trinajstić information content (AvgIpc) is 2.38. The van der Waals surface area contributed by atoms with Crippen LogP contribution >= 0.6 is 0 Å². The molecule has 0 spiro atoms. The summed E-state index contributed by atoms with van der Waals surface area (Å²) in [5, 5.41) is 2.77. The van der Waals surface area contributed by atoms with Crippen LogP contribution < -0.4 is 5.73 Å². The molecule has 1 unspecified atom stereocenters. The second-order valence-electron chi connectivity index (χ2n) is 4.80. The first-order valence-electron chi connectivity index (χ1n) is 6.03. The predicted molar refractivity (Wildman–Crippen MR) is 72.6 cm³/mol. The molecule has 0 radical (unpaired) electrons. The van der Waals surface area contributed by atoms with Crippen LogP contribution in [0.4, 0.5) is 0 Å². The van der Waals surface area contributed by atoms with Gasteiger partial charge in [0.1, 0.15) is 0 Å². The summed E-state index contributed by atoms with van der Waals surface area (Å²) in [4.78, 5) is 0. The zero-order chi connectivity index (χ0) is 11.4. The van der Waals surface area contributed by atoms with Crippen molar-refractivity contribution in [1.29, 1.82) is 0 Å². The molecular weight excluding hydrogens is 206 g/mol. The van der Waals surface area contributed by atoms with E-state index in [4.69, 9.17) is 5.73 Å². The van der Waals surface area contributed by atoms with Crippen LogP contribution in [0, 0.1) is 0 Å². The van der Waals surface area contributed by atoms with Gasteiger partial charge in [-0.1, -0.05) is 48.6 Å². The Morgan fingerprint density at radius 2 is 1.76 bits per heavy atom. The summed E-state index contributed by atoms with van der Waals surface area (Å²) in [6, 6.07) is 8.87. The maximum absolute atomic E-state index is 6.16. The quantitative estimate of drug-likeness (QED) is 0.721. The minimum Gasteiger partial charge on any atom is -0.321 e. The lowest BCUT2D eigenvalue weighted by Crippen LogP contribution is -2.11. The maximum atomic E-state index is 6.16. The molecule has 1 nitrogen and oxygen atoms in total. The second-order valence-corrected chi connectivity index (χ2v) is 4.80. The third-order valence-electron chi connectivity index (χ3n) is 3.82. The molecule has 0 aliphatic heterocycles. The number of rotatable bonds is 0. The van der Waals surface area contributed by atoms with Crippen LogP contribution in [-0.4, -0.2) is 0 Å². The molecule has 0 saturated carbocycles. The highest BCUT2D eigenvalue weighted by Gasteiger charge is 2.18. The van der Waals surface area contributed by atoms with E-state index in [1.807, 2.05) is 0 Å². The van der Waals surface area contributed by atoms with Gasteiger partial charge in [0, 0.05) is 6.04 Å². The fourth-order valence-electron chi connectivity index (χ4n) is 3.00. The van der Waals surface area contributed by atoms with Gasteiger partial charge in [0.05, 0.1) is 0 Å². The number of allylic oxidation sites excluding steroid dienone is 1. The van der Waals surface area contributed by atoms with E-state index < -0.39 is 0 Å². The third-order valence-corrected chi connectivity index (χ3v) is 3.82. The summed E-state index contributed by atoms with van der Waals surface area (Å²) < 4.78 is 0. The number of hydrogen-bond acceptors (Lipinski definition) is 1. The van der Waals surface area contributed by atoms with E-state index in [0.717, 1.165) is 6.42 Å². The van der Waals surface area contributed by atoms with E-state index in [0.29, 0.717) is 0 Å². The molecule has 0 amide bonds. The van der Waals surface area contributed by atoms with Crippen molar-refractivity contribution in [3.05, 3.63) is 58.7 Å². The van der Waals surface area contributed by atoms with Gasteiger partial charge < -0.3 is 5.73 Å². The topological polar surface area (TPSA) is 26.0 Å². The molecule has 2 aliphatic carbocycles. The molecular formula is C16H13N. The molecule has 0 bridgehead atoms. The first-order valence-corrected chi connectivity index (χ1v) is 6.03. The van der Waals surface area contributed by atoms with Crippen molar-refractivity contribution in [1.82, 2.24) is 0 Å². The third kappa shape index (κ3) is 1.12. The zero-order valence-electron chi connectivity index (χ0n) is 9.48. The monoisotopic (exact) mass is 219 g/mol. The van der Waals surface area contributed by atoms with Gasteiger partial charge in [-0.15, -0.1) is 0 Å². The Balaban J connectivity index is 2.26. The van der Waals surface area contributed by atoms with Crippen LogP contribution in [-0.2, 0) is 6.42 Å². The maximum Gasteiger partial charge on any atom is 0.0490 e. The van der Waals surface area contributed by atoms with E-state index in [1.54, 1.807) is 0 Å². The van der Waals surface area contributed by atoms with E-state index >= 15 is 0 Å². The summed E-state index contributed by atoms with van der Waals surface area (Å²) in [6.07, 6.45) is 9.72. The molecule has 17 heavy (non-hydrogen) atoms. The molecule has 0 saturated heterocycles. The Bertz CT molecular complexity index is 692. The molecule has 2 aliphatic rings. The van der Waals surface area contributed by atoms with E-state index in [1.165, 1.54) is 33.0 Å². The van der Waals surface area contributed by atoms with Crippen molar-refractivity contribution in [3.8, 4) is 0 Å². The lowest BCUT2D eigenvalue weighted by Gasteiger charge is -2.22. The minimum atomic E-state index is 0.0395. The highest BCUT2D eigenvalue weighted by molar-refractivity contribution is 6.03. The summed E-state index contributed by atoms with van der Waals surface area (Å²) in [7, 11) is 0. The minimum absolute atomic E-state index is 0.0395. The van der Waals surface area contributed by atoms with Crippen molar-refractivity contribution in [3.63, 3.8) is 0 Å². The van der Waals surface area contributed by atoms with Crippen molar-refractivity contribution in [2.75, 3.05) is 0 Å². The Hall–Kier alpha value is -1.86. The Kier molecular flexibility index (Phi) is 1.67. The molecule has 0 fully saturated rings. The molecule has 1 heteroatoms. The van der Waals surface area contributed by atoms with E-state index in [-0.39, 0.29) is 6.04 Å². The van der Waals surface area contributed by atoms with Gasteiger partial charge >= 0.3 is 0 Å². The normalized spacial score (nSPS) is 19.9. The highest BCUT2D eigenvalue weighted by atomic mass is 14.6. The van der Waals surface area contributed by atoms with Crippen LogP contribution in [0.25, 0.3) is 22.9 Å². The highest BCUT2D eigenvalue weighted by Crippen LogP contribution is 2.38. The first-order chi connectivity index (χ1) is 8.34. The fraction of sp³-hybridized carbons (Fsp3) is 0.125. The standard InChI is InChI=1S/C16H13N/c17-14-9-7-12-5-4-10-2-1-3-11-6-8-13(14)16(12)15(10)11/h1,3-9,14H,2,17H2. The van der Waals surface area contributed by atoms with E-state index in [2.05, 4.69) is 48.6 Å². The molecule has 0 aromatic heterocycles. The van der Waals surface area contributed by atoms with Gasteiger partial charge in [-0.05, 0) is 39.4 Å². The summed E-state index contributed by atoms with van der Waals surface area (Å²) in [5.41, 5.74) is 11.5. The lowest BCUT2D eigenvalue weighted by molar-refractivity contribution is 0.921. The van der Waals surface area contributed by atoms with Gasteiger partial charge in [-0.3, -0.25) is 0 Å². The lowest BCUT2D eigenvalue weighted by atomic mass is 9.84. The van der Waals surface area contributed by atoms with Gasteiger partial charge in [0.25, 0.3) is 0 Å². The Morgan fingerprint density at radius 3 is 2.71 bits per heavy atom. The SMILES string of the molecule is NC1C=Cc2ccc3c4c(ccc1c24)C=CC3. The van der Waals surface area contributed by atoms with Gasteiger partial charge in [-0.25, -0.2) is 0 Å². The molecule has 2 N–H and O–H groups in total. The summed E-state index contributed by atoms with van der Waals surface area (Å²) >= 11 is 0. The number of nitrogens with two attached hydrogens (primary N) is 1. The average molecular weight is 219 g/mol. The van der Waals surface area contributed by atoms with Crippen LogP contribution in [0.15, 0.2) is 36.4 Å². The fourth-order valence-corrected chi connectivity index (χ4v) is 3.00. The van der Waals surface area contributed by atoms with Gasteiger partial charge in [0.2, 0.25) is 0 Å². The molecule has 2 aromatic carbocycles. The summed E-state index contributed by atoms with van der Waals surface area (Å²) in [5.74, 6) is 0.